The molecule has 0 radical (unpaired) electrons. The van der Waals surface area contributed by atoms with Crippen LogP contribution in [0.25, 0.3) is 0 Å². The molecule has 0 atom stereocenters. The number of carbonyl (C=O) groups is 1. The molecular formula is C18H20FNO5S. The van der Waals surface area contributed by atoms with Gasteiger partial charge in [0.05, 0.1) is 23.7 Å². The molecule has 6 nitrogen and oxygen atoms in total. The molecule has 0 fully saturated rings. The smallest absolute Gasteiger partial charge is 0.338 e. The van der Waals surface area contributed by atoms with Crippen LogP contribution < -0.4 is 9.46 Å². The number of benzene rings is 2. The van der Waals surface area contributed by atoms with Gasteiger partial charge in [0.1, 0.15) is 11.6 Å². The van der Waals surface area contributed by atoms with E-state index in [2.05, 4.69) is 4.72 Å². The Labute approximate surface area is 152 Å². The van der Waals surface area contributed by atoms with Gasteiger partial charge in [-0.15, -0.1) is 0 Å². The van der Waals surface area contributed by atoms with Gasteiger partial charge in [-0.05, 0) is 42.5 Å². The normalized spacial score (nSPS) is 11.2. The number of ether oxygens (including phenoxy) is 2. The minimum atomic E-state index is -3.63. The molecule has 0 aliphatic carbocycles. The molecule has 0 aromatic heterocycles. The van der Waals surface area contributed by atoms with Gasteiger partial charge in [0.25, 0.3) is 0 Å². The summed E-state index contributed by atoms with van der Waals surface area (Å²) in [7, 11) is -3.63. The molecule has 140 valence electrons. The Morgan fingerprint density at radius 1 is 1.12 bits per heavy atom. The van der Waals surface area contributed by atoms with Crippen LogP contribution in [-0.2, 0) is 14.8 Å². The molecule has 0 unspecified atom stereocenters. The fourth-order valence-corrected chi connectivity index (χ4v) is 3.18. The highest BCUT2D eigenvalue weighted by Crippen LogP contribution is 2.13. The van der Waals surface area contributed by atoms with E-state index < -0.39 is 16.0 Å². The first-order chi connectivity index (χ1) is 12.4. The molecule has 2 aromatic rings. The van der Waals surface area contributed by atoms with Crippen molar-refractivity contribution in [2.24, 2.45) is 0 Å². The number of hydrogen-bond acceptors (Lipinski definition) is 5. The van der Waals surface area contributed by atoms with Crippen molar-refractivity contribution in [1.82, 2.24) is 4.72 Å². The van der Waals surface area contributed by atoms with E-state index in [1.165, 1.54) is 48.5 Å². The predicted molar refractivity (Wildman–Crippen MR) is 94.1 cm³/mol. The van der Waals surface area contributed by atoms with Crippen LogP contribution >= 0.6 is 0 Å². The molecule has 2 aromatic carbocycles. The summed E-state index contributed by atoms with van der Waals surface area (Å²) in [6.45, 7) is 2.34. The maximum absolute atomic E-state index is 12.8. The van der Waals surface area contributed by atoms with Gasteiger partial charge in [-0.25, -0.2) is 22.3 Å². The predicted octanol–water partition coefficient (Wildman–Crippen LogP) is 2.75. The summed E-state index contributed by atoms with van der Waals surface area (Å²) in [6, 6.07) is 11.3. The molecule has 0 aliphatic rings. The molecule has 1 N–H and O–H groups in total. The summed E-state index contributed by atoms with van der Waals surface area (Å²) < 4.78 is 49.6. The largest absolute Gasteiger partial charge is 0.493 e. The first-order valence-electron chi connectivity index (χ1n) is 8.07. The second-order valence-electron chi connectivity index (χ2n) is 5.32. The standard InChI is InChI=1S/C18H20FNO5S/c1-2-20-26(22,23)17-6-3-5-14(13-17)18(21)25-12-4-11-24-16-9-7-15(19)8-10-16/h3,5-10,13,20H,2,4,11-12H2,1H3. The second kappa shape index (κ2) is 9.30. The zero-order valence-corrected chi connectivity index (χ0v) is 15.1. The van der Waals surface area contributed by atoms with E-state index in [1.807, 2.05) is 0 Å². The highest BCUT2D eigenvalue weighted by molar-refractivity contribution is 7.89. The van der Waals surface area contributed by atoms with Gasteiger partial charge >= 0.3 is 5.97 Å². The molecule has 0 aliphatic heterocycles. The van der Waals surface area contributed by atoms with Crippen LogP contribution in [-0.4, -0.2) is 34.1 Å². The van der Waals surface area contributed by atoms with E-state index in [9.17, 15) is 17.6 Å². The number of nitrogens with one attached hydrogen (secondary N) is 1. The molecule has 0 saturated carbocycles. The Morgan fingerprint density at radius 3 is 2.54 bits per heavy atom. The average Bonchev–Trinajstić information content (AvgIpc) is 2.63. The molecule has 2 rings (SSSR count). The quantitative estimate of drug-likeness (QED) is 0.534. The zero-order valence-electron chi connectivity index (χ0n) is 14.3. The maximum Gasteiger partial charge on any atom is 0.338 e. The highest BCUT2D eigenvalue weighted by atomic mass is 32.2. The van der Waals surface area contributed by atoms with E-state index in [1.54, 1.807) is 6.92 Å². The van der Waals surface area contributed by atoms with Crippen molar-refractivity contribution in [2.45, 2.75) is 18.2 Å². The van der Waals surface area contributed by atoms with Crippen LogP contribution in [0.5, 0.6) is 5.75 Å². The van der Waals surface area contributed by atoms with Crippen molar-refractivity contribution in [2.75, 3.05) is 19.8 Å². The summed E-state index contributed by atoms with van der Waals surface area (Å²) >= 11 is 0. The van der Waals surface area contributed by atoms with E-state index in [4.69, 9.17) is 9.47 Å². The van der Waals surface area contributed by atoms with Gasteiger partial charge < -0.3 is 9.47 Å². The Hall–Kier alpha value is -2.45. The van der Waals surface area contributed by atoms with Crippen LogP contribution in [0.2, 0.25) is 0 Å². The third-order valence-electron chi connectivity index (χ3n) is 3.32. The summed E-state index contributed by atoms with van der Waals surface area (Å²) in [4.78, 5) is 12.0. The first-order valence-corrected chi connectivity index (χ1v) is 9.56. The maximum atomic E-state index is 12.8. The SMILES string of the molecule is CCNS(=O)(=O)c1cccc(C(=O)OCCCOc2ccc(F)cc2)c1. The lowest BCUT2D eigenvalue weighted by Crippen LogP contribution is -2.23. The minimum absolute atomic E-state index is 0.00782. The average molecular weight is 381 g/mol. The van der Waals surface area contributed by atoms with Gasteiger partial charge in [-0.2, -0.15) is 0 Å². The summed E-state index contributed by atoms with van der Waals surface area (Å²) in [5.74, 6) is -0.427. The second-order valence-corrected chi connectivity index (χ2v) is 7.09. The van der Waals surface area contributed by atoms with E-state index in [-0.39, 0.29) is 29.4 Å². The van der Waals surface area contributed by atoms with Gasteiger partial charge in [0.2, 0.25) is 10.0 Å². The molecule has 26 heavy (non-hydrogen) atoms. The van der Waals surface area contributed by atoms with E-state index in [0.717, 1.165) is 0 Å². The van der Waals surface area contributed by atoms with Gasteiger partial charge in [-0.3, -0.25) is 0 Å². The number of hydrogen-bond donors (Lipinski definition) is 1. The molecule has 0 heterocycles. The van der Waals surface area contributed by atoms with E-state index in [0.29, 0.717) is 18.8 Å². The van der Waals surface area contributed by atoms with Crippen molar-refractivity contribution in [1.29, 1.82) is 0 Å². The van der Waals surface area contributed by atoms with Crippen LogP contribution in [0, 0.1) is 5.82 Å². The number of halogens is 1. The lowest BCUT2D eigenvalue weighted by atomic mass is 10.2. The van der Waals surface area contributed by atoms with Crippen molar-refractivity contribution < 1.29 is 27.1 Å². The van der Waals surface area contributed by atoms with Gasteiger partial charge in [0, 0.05) is 13.0 Å². The van der Waals surface area contributed by atoms with E-state index >= 15 is 0 Å². The lowest BCUT2D eigenvalue weighted by Gasteiger charge is -2.08. The molecule has 8 heteroatoms. The summed E-state index contributed by atoms with van der Waals surface area (Å²) in [5, 5.41) is 0. The van der Waals surface area contributed by atoms with Crippen molar-refractivity contribution in [3.05, 3.63) is 59.9 Å². The fourth-order valence-electron chi connectivity index (χ4n) is 2.09. The molecular weight excluding hydrogens is 361 g/mol. The highest BCUT2D eigenvalue weighted by Gasteiger charge is 2.15. The van der Waals surface area contributed by atoms with Crippen LogP contribution in [0.15, 0.2) is 53.4 Å². The van der Waals surface area contributed by atoms with Crippen LogP contribution in [0.3, 0.4) is 0 Å². The topological polar surface area (TPSA) is 81.7 Å². The minimum Gasteiger partial charge on any atom is -0.493 e. The molecule has 0 amide bonds. The number of esters is 1. The first kappa shape index (κ1) is 19.9. The summed E-state index contributed by atoms with van der Waals surface area (Å²) in [5.41, 5.74) is 0.156. The Balaban J connectivity index is 1.81. The fraction of sp³-hybridized carbons (Fsp3) is 0.278. The Morgan fingerprint density at radius 2 is 1.85 bits per heavy atom. The number of sulfonamides is 1. The summed E-state index contributed by atoms with van der Waals surface area (Å²) in [6.07, 6.45) is 0.443. The number of rotatable bonds is 9. The van der Waals surface area contributed by atoms with Gasteiger partial charge in [-0.1, -0.05) is 13.0 Å². The van der Waals surface area contributed by atoms with Crippen LogP contribution in [0.4, 0.5) is 4.39 Å². The third-order valence-corrected chi connectivity index (χ3v) is 4.86. The molecule has 0 bridgehead atoms. The zero-order chi connectivity index (χ0) is 19.0. The molecule has 0 saturated heterocycles. The van der Waals surface area contributed by atoms with Crippen molar-refractivity contribution in [3.63, 3.8) is 0 Å². The van der Waals surface area contributed by atoms with Crippen molar-refractivity contribution >= 4 is 16.0 Å². The third kappa shape index (κ3) is 5.82. The van der Waals surface area contributed by atoms with Crippen LogP contribution in [0.1, 0.15) is 23.7 Å². The molecule has 0 spiro atoms. The monoisotopic (exact) mass is 381 g/mol. The Bertz CT molecular complexity index is 837. The van der Waals surface area contributed by atoms with Gasteiger partial charge in [0.15, 0.2) is 0 Å². The Kier molecular flexibility index (Phi) is 7.11. The van der Waals surface area contributed by atoms with Crippen molar-refractivity contribution in [3.8, 4) is 5.75 Å². The number of carbonyl (C=O) groups excluding carboxylic acids is 1. The lowest BCUT2D eigenvalue weighted by molar-refractivity contribution is 0.0485.